The van der Waals surface area contributed by atoms with Crippen LogP contribution in [0, 0.1) is 11.8 Å². The van der Waals surface area contributed by atoms with Gasteiger partial charge in [0.25, 0.3) is 0 Å². The molecule has 0 spiro atoms. The Morgan fingerprint density at radius 1 is 0.941 bits per heavy atom. The number of rotatable bonds is 7. The summed E-state index contributed by atoms with van der Waals surface area (Å²) >= 11 is 0. The second-order valence-corrected chi connectivity index (χ2v) is 5.26. The number of hydrogen-bond donors (Lipinski definition) is 0. The summed E-state index contributed by atoms with van der Waals surface area (Å²) in [6.45, 7) is 9.41. The van der Waals surface area contributed by atoms with Crippen LogP contribution in [0.1, 0.15) is 64.9 Å². The van der Waals surface area contributed by atoms with Crippen LogP contribution in [-0.4, -0.2) is 0 Å². The fourth-order valence-electron chi connectivity index (χ4n) is 3.24. The summed E-state index contributed by atoms with van der Waals surface area (Å²) in [7, 11) is 0. The van der Waals surface area contributed by atoms with E-state index in [1.54, 1.807) is 0 Å². The first-order valence-corrected chi connectivity index (χ1v) is 7.29. The van der Waals surface area contributed by atoms with Crippen molar-refractivity contribution in [1.29, 1.82) is 0 Å². The summed E-state index contributed by atoms with van der Waals surface area (Å²) in [4.78, 5) is 0. The van der Waals surface area contributed by atoms with E-state index in [1.165, 1.54) is 31.2 Å². The molecule has 0 amide bonds. The molecule has 0 aliphatic heterocycles. The van der Waals surface area contributed by atoms with Gasteiger partial charge in [0.1, 0.15) is 0 Å². The smallest absolute Gasteiger partial charge is 0.0134 e. The monoisotopic (exact) mass is 232 g/mol. The Labute approximate surface area is 107 Å². The predicted octanol–water partition coefficient (Wildman–Crippen LogP) is 5.64. The van der Waals surface area contributed by atoms with E-state index in [0.717, 1.165) is 17.8 Å². The van der Waals surface area contributed by atoms with Crippen LogP contribution in [-0.2, 0) is 0 Å². The van der Waals surface area contributed by atoms with Gasteiger partial charge in [0.05, 0.1) is 0 Å². The molecule has 0 radical (unpaired) electrons. The summed E-state index contributed by atoms with van der Waals surface area (Å²) in [6, 6.07) is 11.1. The summed E-state index contributed by atoms with van der Waals surface area (Å²) in [5.74, 6) is 2.42. The van der Waals surface area contributed by atoms with Gasteiger partial charge < -0.3 is 0 Å². The SMILES string of the molecule is CCCC(C)C(CC)C(CC)c1ccccc1. The molecule has 0 N–H and O–H groups in total. The third kappa shape index (κ3) is 3.87. The van der Waals surface area contributed by atoms with E-state index in [1.807, 2.05) is 0 Å². The molecule has 0 heteroatoms. The first kappa shape index (κ1) is 14.3. The zero-order chi connectivity index (χ0) is 12.7. The Kier molecular flexibility index (Phi) is 6.32. The van der Waals surface area contributed by atoms with Gasteiger partial charge in [-0.3, -0.25) is 0 Å². The van der Waals surface area contributed by atoms with Crippen LogP contribution in [0.5, 0.6) is 0 Å². The Bertz CT molecular complexity index is 288. The highest BCUT2D eigenvalue weighted by Gasteiger charge is 2.24. The summed E-state index contributed by atoms with van der Waals surface area (Å²) in [5, 5.41) is 0. The van der Waals surface area contributed by atoms with E-state index in [4.69, 9.17) is 0 Å². The minimum absolute atomic E-state index is 0.739. The second-order valence-electron chi connectivity index (χ2n) is 5.26. The van der Waals surface area contributed by atoms with Crippen molar-refractivity contribution in [2.75, 3.05) is 0 Å². The summed E-state index contributed by atoms with van der Waals surface area (Å²) in [5.41, 5.74) is 1.53. The lowest BCUT2D eigenvalue weighted by Crippen LogP contribution is -2.19. The van der Waals surface area contributed by atoms with Crippen molar-refractivity contribution in [3.8, 4) is 0 Å². The Balaban J connectivity index is 2.83. The molecule has 0 bridgehead atoms. The van der Waals surface area contributed by atoms with Crippen molar-refractivity contribution in [3.05, 3.63) is 35.9 Å². The normalized spacial score (nSPS) is 16.5. The molecule has 1 aromatic carbocycles. The van der Waals surface area contributed by atoms with Crippen LogP contribution in [0.3, 0.4) is 0 Å². The van der Waals surface area contributed by atoms with Crippen LogP contribution in [0.15, 0.2) is 30.3 Å². The van der Waals surface area contributed by atoms with Gasteiger partial charge in [-0.2, -0.15) is 0 Å². The van der Waals surface area contributed by atoms with Gasteiger partial charge in [0.15, 0.2) is 0 Å². The highest BCUT2D eigenvalue weighted by atomic mass is 14.3. The molecular formula is C17H28. The molecule has 1 rings (SSSR count). The van der Waals surface area contributed by atoms with Gasteiger partial charge in [0.2, 0.25) is 0 Å². The molecule has 96 valence electrons. The molecule has 17 heavy (non-hydrogen) atoms. The zero-order valence-electron chi connectivity index (χ0n) is 11.9. The number of hydrogen-bond acceptors (Lipinski definition) is 0. The Morgan fingerprint density at radius 3 is 2.06 bits per heavy atom. The lowest BCUT2D eigenvalue weighted by molar-refractivity contribution is 0.268. The summed E-state index contributed by atoms with van der Waals surface area (Å²) < 4.78 is 0. The minimum Gasteiger partial charge on any atom is -0.0654 e. The maximum absolute atomic E-state index is 2.43. The molecule has 0 fully saturated rings. The van der Waals surface area contributed by atoms with Crippen molar-refractivity contribution >= 4 is 0 Å². The van der Waals surface area contributed by atoms with E-state index < -0.39 is 0 Å². The lowest BCUT2D eigenvalue weighted by Gasteiger charge is -2.31. The fraction of sp³-hybridized carbons (Fsp3) is 0.647. The van der Waals surface area contributed by atoms with Gasteiger partial charge in [0, 0.05) is 0 Å². The first-order chi connectivity index (χ1) is 8.24. The van der Waals surface area contributed by atoms with E-state index >= 15 is 0 Å². The quantitative estimate of drug-likeness (QED) is 0.570. The molecule has 0 saturated carbocycles. The van der Waals surface area contributed by atoms with E-state index in [9.17, 15) is 0 Å². The number of benzene rings is 1. The van der Waals surface area contributed by atoms with Gasteiger partial charge in [-0.15, -0.1) is 0 Å². The largest absolute Gasteiger partial charge is 0.0654 e. The lowest BCUT2D eigenvalue weighted by atomic mass is 9.74. The molecule has 0 nitrogen and oxygen atoms in total. The molecule has 0 saturated heterocycles. The fourth-order valence-corrected chi connectivity index (χ4v) is 3.24. The topological polar surface area (TPSA) is 0 Å². The van der Waals surface area contributed by atoms with Crippen molar-refractivity contribution in [2.45, 2.75) is 59.3 Å². The van der Waals surface area contributed by atoms with E-state index in [2.05, 4.69) is 58.0 Å². The molecule has 3 unspecified atom stereocenters. The predicted molar refractivity (Wildman–Crippen MR) is 77.3 cm³/mol. The van der Waals surface area contributed by atoms with E-state index in [0.29, 0.717) is 0 Å². The maximum Gasteiger partial charge on any atom is -0.0134 e. The summed E-state index contributed by atoms with van der Waals surface area (Å²) in [6.07, 6.45) is 5.23. The van der Waals surface area contributed by atoms with Gasteiger partial charge in [-0.1, -0.05) is 77.3 Å². The highest BCUT2D eigenvalue weighted by molar-refractivity contribution is 5.20. The first-order valence-electron chi connectivity index (χ1n) is 7.29. The average molecular weight is 232 g/mol. The third-order valence-electron chi connectivity index (χ3n) is 4.13. The van der Waals surface area contributed by atoms with Crippen LogP contribution in [0.2, 0.25) is 0 Å². The van der Waals surface area contributed by atoms with Crippen LogP contribution >= 0.6 is 0 Å². The molecule has 3 atom stereocenters. The van der Waals surface area contributed by atoms with Crippen molar-refractivity contribution in [3.63, 3.8) is 0 Å². The Morgan fingerprint density at radius 2 is 1.59 bits per heavy atom. The van der Waals surface area contributed by atoms with Crippen molar-refractivity contribution < 1.29 is 0 Å². The highest BCUT2D eigenvalue weighted by Crippen LogP contribution is 2.36. The van der Waals surface area contributed by atoms with Gasteiger partial charge >= 0.3 is 0 Å². The van der Waals surface area contributed by atoms with Crippen LogP contribution < -0.4 is 0 Å². The zero-order valence-corrected chi connectivity index (χ0v) is 11.9. The molecule has 0 heterocycles. The minimum atomic E-state index is 0.739. The van der Waals surface area contributed by atoms with Gasteiger partial charge in [-0.05, 0) is 29.7 Å². The molecule has 0 aliphatic carbocycles. The second kappa shape index (κ2) is 7.53. The standard InChI is InChI=1S/C17H28/c1-5-11-14(4)16(6-2)17(7-3)15-12-9-8-10-13-15/h8-10,12-14,16-17H,5-7,11H2,1-4H3. The van der Waals surface area contributed by atoms with Crippen LogP contribution in [0.25, 0.3) is 0 Å². The molecular weight excluding hydrogens is 204 g/mol. The molecule has 0 aliphatic rings. The third-order valence-corrected chi connectivity index (χ3v) is 4.13. The van der Waals surface area contributed by atoms with Crippen molar-refractivity contribution in [1.82, 2.24) is 0 Å². The maximum atomic E-state index is 2.43. The molecule has 0 aromatic heterocycles. The van der Waals surface area contributed by atoms with E-state index in [-0.39, 0.29) is 0 Å². The average Bonchev–Trinajstić information content (AvgIpc) is 2.37. The van der Waals surface area contributed by atoms with Crippen molar-refractivity contribution in [2.24, 2.45) is 11.8 Å². The molecule has 1 aromatic rings. The van der Waals surface area contributed by atoms with Crippen LogP contribution in [0.4, 0.5) is 0 Å². The Hall–Kier alpha value is -0.780. The van der Waals surface area contributed by atoms with Gasteiger partial charge in [-0.25, -0.2) is 0 Å².